The molecule has 194 valence electrons. The summed E-state index contributed by atoms with van der Waals surface area (Å²) in [6, 6.07) is 12.8. The highest BCUT2D eigenvalue weighted by molar-refractivity contribution is 5.99. The fourth-order valence-electron chi connectivity index (χ4n) is 4.35. The maximum atomic E-state index is 12.5. The molecule has 3 N–H and O–H groups in total. The minimum atomic E-state index is -0.337. The largest absolute Gasteiger partial charge is 0.395 e. The summed E-state index contributed by atoms with van der Waals surface area (Å²) in [6.45, 7) is 8.02. The normalized spacial score (nSPS) is 13.9. The molecule has 0 saturated carbocycles. The van der Waals surface area contributed by atoms with Gasteiger partial charge in [0.15, 0.2) is 11.1 Å². The lowest BCUT2D eigenvalue weighted by molar-refractivity contribution is -0.111. The van der Waals surface area contributed by atoms with Gasteiger partial charge in [-0.3, -0.25) is 19.1 Å². The molecule has 1 aliphatic rings. The molecule has 3 aromatic heterocycles. The second-order valence-corrected chi connectivity index (χ2v) is 8.80. The van der Waals surface area contributed by atoms with Crippen molar-refractivity contribution in [3.63, 3.8) is 0 Å². The highest BCUT2D eigenvalue weighted by atomic mass is 16.3. The fourth-order valence-corrected chi connectivity index (χ4v) is 4.35. The quantitative estimate of drug-likeness (QED) is 0.304. The molecule has 1 fully saturated rings. The monoisotopic (exact) mass is 512 g/mol. The van der Waals surface area contributed by atoms with Crippen LogP contribution < -0.4 is 21.0 Å². The van der Waals surface area contributed by atoms with Crippen molar-refractivity contribution in [2.45, 2.75) is 0 Å². The first kappa shape index (κ1) is 25.1. The topological polar surface area (TPSA) is 129 Å². The molecular weight excluding hydrogens is 484 g/mol. The highest BCUT2D eigenvalue weighted by Gasteiger charge is 2.17. The SMILES string of the molecule is C=CC(=O)Nc1ccnc(-n2ccc(=O)c3cnc(Nc4ccc(N5CCN(CCO)CC5)cc4)nc32)c1. The zero-order chi connectivity index (χ0) is 26.5. The molecule has 0 unspecified atom stereocenters. The van der Waals surface area contributed by atoms with E-state index in [1.807, 2.05) is 24.3 Å². The van der Waals surface area contributed by atoms with E-state index in [0.717, 1.165) is 37.6 Å². The molecular formula is C27H28N8O3. The van der Waals surface area contributed by atoms with Crippen LogP contribution in [-0.2, 0) is 4.79 Å². The number of fused-ring (bicyclic) bond motifs is 1. The van der Waals surface area contributed by atoms with Gasteiger partial charge in [0.1, 0.15) is 5.82 Å². The summed E-state index contributed by atoms with van der Waals surface area (Å²) in [7, 11) is 0. The summed E-state index contributed by atoms with van der Waals surface area (Å²) in [6.07, 6.45) is 5.84. The minimum absolute atomic E-state index is 0.185. The third-order valence-electron chi connectivity index (χ3n) is 6.36. The van der Waals surface area contributed by atoms with Crippen LogP contribution in [0.25, 0.3) is 16.9 Å². The standard InChI is InChI=1S/C27H28N8O3/c1-2-25(38)30-20-7-9-28-24(17-20)35-10-8-23(37)22-18-29-27(32-26(22)35)31-19-3-5-21(6-4-19)34-13-11-33(12-14-34)15-16-36/h2-10,17-18,36H,1,11-16H2,(H,28,30,38)(H,29,31,32). The smallest absolute Gasteiger partial charge is 0.247 e. The second-order valence-electron chi connectivity index (χ2n) is 8.80. The fraction of sp³-hybridized carbons (Fsp3) is 0.222. The van der Waals surface area contributed by atoms with Gasteiger partial charge in [-0.25, -0.2) is 9.97 Å². The zero-order valence-electron chi connectivity index (χ0n) is 20.7. The molecule has 1 amide bonds. The van der Waals surface area contributed by atoms with Crippen LogP contribution in [0.3, 0.4) is 0 Å². The van der Waals surface area contributed by atoms with Gasteiger partial charge in [0, 0.05) is 80.5 Å². The van der Waals surface area contributed by atoms with E-state index >= 15 is 0 Å². The first-order valence-corrected chi connectivity index (χ1v) is 12.3. The average Bonchev–Trinajstić information content (AvgIpc) is 2.94. The third-order valence-corrected chi connectivity index (χ3v) is 6.36. The second kappa shape index (κ2) is 11.2. The highest BCUT2D eigenvalue weighted by Crippen LogP contribution is 2.22. The molecule has 0 atom stereocenters. The number of benzene rings is 1. The van der Waals surface area contributed by atoms with E-state index in [1.54, 1.807) is 29.1 Å². The van der Waals surface area contributed by atoms with E-state index in [1.165, 1.54) is 18.3 Å². The number of aliphatic hydroxyl groups is 1. The molecule has 0 aliphatic carbocycles. The van der Waals surface area contributed by atoms with Gasteiger partial charge in [0.05, 0.1) is 12.0 Å². The van der Waals surface area contributed by atoms with E-state index in [-0.39, 0.29) is 17.9 Å². The van der Waals surface area contributed by atoms with Crippen molar-refractivity contribution in [2.24, 2.45) is 0 Å². The summed E-state index contributed by atoms with van der Waals surface area (Å²) in [5.74, 6) is 0.471. The number of pyridine rings is 2. The number of aliphatic hydroxyl groups excluding tert-OH is 1. The van der Waals surface area contributed by atoms with Crippen molar-refractivity contribution in [3.05, 3.63) is 83.9 Å². The molecule has 11 heteroatoms. The number of amides is 1. The molecule has 1 aliphatic heterocycles. The van der Waals surface area contributed by atoms with E-state index < -0.39 is 0 Å². The van der Waals surface area contributed by atoms with Crippen LogP contribution in [0.4, 0.5) is 23.0 Å². The lowest BCUT2D eigenvalue weighted by atomic mass is 10.2. The van der Waals surface area contributed by atoms with Gasteiger partial charge >= 0.3 is 0 Å². The van der Waals surface area contributed by atoms with Crippen LogP contribution in [0.2, 0.25) is 0 Å². The number of piperazine rings is 1. The molecule has 0 radical (unpaired) electrons. The van der Waals surface area contributed by atoms with Gasteiger partial charge in [0.2, 0.25) is 11.9 Å². The number of rotatable bonds is 8. The minimum Gasteiger partial charge on any atom is -0.395 e. The molecule has 1 saturated heterocycles. The van der Waals surface area contributed by atoms with Gasteiger partial charge in [0.25, 0.3) is 0 Å². The van der Waals surface area contributed by atoms with Crippen LogP contribution >= 0.6 is 0 Å². The lowest BCUT2D eigenvalue weighted by Gasteiger charge is -2.35. The zero-order valence-corrected chi connectivity index (χ0v) is 20.7. The molecule has 4 heterocycles. The molecule has 4 aromatic rings. The number of hydrogen-bond acceptors (Lipinski definition) is 9. The first-order valence-electron chi connectivity index (χ1n) is 12.3. The maximum absolute atomic E-state index is 12.5. The Balaban J connectivity index is 1.37. The Bertz CT molecular complexity index is 1510. The van der Waals surface area contributed by atoms with Gasteiger partial charge in [-0.2, -0.15) is 4.98 Å². The van der Waals surface area contributed by atoms with Gasteiger partial charge < -0.3 is 20.6 Å². The number of carbonyl (C=O) groups excluding carboxylic acids is 1. The Morgan fingerprint density at radius 1 is 1.05 bits per heavy atom. The number of β-amino-alcohol motifs (C(OH)–C–C–N with tert-alkyl or cyclic N) is 1. The number of aromatic nitrogens is 4. The molecule has 11 nitrogen and oxygen atoms in total. The van der Waals surface area contributed by atoms with E-state index in [9.17, 15) is 9.59 Å². The maximum Gasteiger partial charge on any atom is 0.247 e. The Morgan fingerprint density at radius 3 is 2.58 bits per heavy atom. The Hall–Kier alpha value is -4.61. The predicted octanol–water partition coefficient (Wildman–Crippen LogP) is 2.16. The Kier molecular flexibility index (Phi) is 7.38. The molecule has 5 rings (SSSR count). The number of nitrogens with zero attached hydrogens (tertiary/aromatic N) is 6. The summed E-state index contributed by atoms with van der Waals surface area (Å²) >= 11 is 0. The summed E-state index contributed by atoms with van der Waals surface area (Å²) in [5.41, 5.74) is 2.65. The van der Waals surface area contributed by atoms with Crippen LogP contribution in [-0.4, -0.2) is 74.8 Å². The van der Waals surface area contributed by atoms with Crippen molar-refractivity contribution >= 4 is 40.0 Å². The number of nitrogens with one attached hydrogen (secondary N) is 2. The molecule has 0 bridgehead atoms. The lowest BCUT2D eigenvalue weighted by Crippen LogP contribution is -2.47. The van der Waals surface area contributed by atoms with E-state index in [4.69, 9.17) is 5.11 Å². The summed E-state index contributed by atoms with van der Waals surface area (Å²) in [4.78, 5) is 42.1. The molecule has 0 spiro atoms. The van der Waals surface area contributed by atoms with Gasteiger partial charge in [-0.05, 0) is 36.4 Å². The molecule has 1 aromatic carbocycles. The summed E-state index contributed by atoms with van der Waals surface area (Å²) in [5, 5.41) is 15.4. The Labute approximate surface area is 219 Å². The van der Waals surface area contributed by atoms with Crippen molar-refractivity contribution in [3.8, 4) is 5.82 Å². The van der Waals surface area contributed by atoms with Crippen LogP contribution in [0.5, 0.6) is 0 Å². The van der Waals surface area contributed by atoms with E-state index in [2.05, 4.69) is 42.0 Å². The van der Waals surface area contributed by atoms with Crippen molar-refractivity contribution in [2.75, 3.05) is 54.9 Å². The summed E-state index contributed by atoms with van der Waals surface area (Å²) < 4.78 is 1.67. The van der Waals surface area contributed by atoms with Crippen LogP contribution in [0.1, 0.15) is 0 Å². The van der Waals surface area contributed by atoms with Crippen LogP contribution in [0, 0.1) is 0 Å². The van der Waals surface area contributed by atoms with E-state index in [0.29, 0.717) is 35.0 Å². The third kappa shape index (κ3) is 5.53. The van der Waals surface area contributed by atoms with Gasteiger partial charge in [-0.15, -0.1) is 0 Å². The molecule has 38 heavy (non-hydrogen) atoms. The van der Waals surface area contributed by atoms with Gasteiger partial charge in [-0.1, -0.05) is 6.58 Å². The van der Waals surface area contributed by atoms with Crippen molar-refractivity contribution in [1.82, 2.24) is 24.4 Å². The first-order chi connectivity index (χ1) is 18.5. The Morgan fingerprint density at radius 2 is 1.84 bits per heavy atom. The number of carbonyl (C=O) groups is 1. The van der Waals surface area contributed by atoms with Crippen LogP contribution in [0.15, 0.2) is 78.5 Å². The average molecular weight is 513 g/mol. The predicted molar refractivity (Wildman–Crippen MR) is 147 cm³/mol. The number of hydrogen-bond donors (Lipinski definition) is 3. The van der Waals surface area contributed by atoms with Crippen molar-refractivity contribution < 1.29 is 9.90 Å². The van der Waals surface area contributed by atoms with Crippen molar-refractivity contribution in [1.29, 1.82) is 0 Å². The number of anilines is 4.